The molecule has 0 fully saturated rings. The van der Waals surface area contributed by atoms with Crippen molar-refractivity contribution in [3.05, 3.63) is 127 Å². The predicted molar refractivity (Wildman–Crippen MR) is 159 cm³/mol. The monoisotopic (exact) mass is 700 g/mol. The zero-order valence-corrected chi connectivity index (χ0v) is 23.4. The van der Waals surface area contributed by atoms with Gasteiger partial charge in [-0.15, -0.1) is 0 Å². The minimum Gasteiger partial charge on any atom is -0.507 e. The molecule has 0 radical (unpaired) electrons. The molecular weight excluding hydrogens is 677 g/mol. The predicted octanol–water partition coefficient (Wildman–Crippen LogP) is 8.16. The van der Waals surface area contributed by atoms with Crippen LogP contribution in [0.25, 0.3) is 49.5 Å². The summed E-state index contributed by atoms with van der Waals surface area (Å²) in [6.07, 6.45) is 1.68. The molecule has 0 aliphatic heterocycles. The average molecular weight is 701 g/mol. The van der Waals surface area contributed by atoms with Crippen molar-refractivity contribution >= 4 is 44.5 Å². The second kappa shape index (κ2) is 10.4. The number of benzene rings is 5. The summed E-state index contributed by atoms with van der Waals surface area (Å²) in [6.45, 7) is 0. The minimum atomic E-state index is 0. The van der Waals surface area contributed by atoms with Crippen molar-refractivity contribution in [1.82, 2.24) is 9.55 Å². The first kappa shape index (κ1) is 25.5. The van der Waals surface area contributed by atoms with Crippen LogP contribution in [0.2, 0.25) is 0 Å². The molecule has 2 aromatic heterocycles. The van der Waals surface area contributed by atoms with E-state index in [0.29, 0.717) is 28.0 Å². The van der Waals surface area contributed by atoms with Gasteiger partial charge in [-0.25, -0.2) is 4.98 Å². The van der Waals surface area contributed by atoms with E-state index < -0.39 is 0 Å². The van der Waals surface area contributed by atoms with Gasteiger partial charge in [0, 0.05) is 48.5 Å². The second-order valence-electron chi connectivity index (χ2n) is 9.43. The van der Waals surface area contributed by atoms with Gasteiger partial charge in [-0.05, 0) is 60.0 Å². The van der Waals surface area contributed by atoms with Crippen molar-refractivity contribution < 1.29 is 31.3 Å². The number of phenolic OH excluding ortho intramolecular Hbond substituents is 2. The van der Waals surface area contributed by atoms with E-state index in [-0.39, 0.29) is 32.6 Å². The number of aromatic hydroxyl groups is 2. The number of nitrogens with zero attached hydrogens (tertiary/aromatic N) is 3. The van der Waals surface area contributed by atoms with E-state index in [1.165, 1.54) is 0 Å². The molecule has 40 heavy (non-hydrogen) atoms. The average Bonchev–Trinajstić information content (AvgIpc) is 3.29. The van der Waals surface area contributed by atoms with Gasteiger partial charge in [0.2, 0.25) is 0 Å². The Bertz CT molecular complexity index is 2040. The van der Waals surface area contributed by atoms with E-state index in [4.69, 9.17) is 4.98 Å². The molecule has 0 saturated heterocycles. The summed E-state index contributed by atoms with van der Waals surface area (Å²) in [5.41, 5.74) is 5.69. The van der Waals surface area contributed by atoms with E-state index >= 15 is 0 Å². The summed E-state index contributed by atoms with van der Waals surface area (Å²) in [5.74, 6) is 0.355. The van der Waals surface area contributed by atoms with Crippen LogP contribution in [0.5, 0.6) is 11.5 Å². The first-order chi connectivity index (χ1) is 19.2. The van der Waals surface area contributed by atoms with Crippen molar-refractivity contribution in [1.29, 1.82) is 0 Å². The summed E-state index contributed by atoms with van der Waals surface area (Å²) in [5, 5.41) is 25.2. The molecule has 0 atom stereocenters. The van der Waals surface area contributed by atoms with Crippen LogP contribution in [-0.4, -0.2) is 26.0 Å². The standard InChI is InChI=1S/C34H23N3O2.Pt/c38-32-18-7-10-22-9-6-16-29(34(22)32)35-21-23-11-8-15-28(36-23)27-19-31-26(20-33(27)39)25-14-4-5-17-30(25)37(31)24-12-2-1-3-13-24;/h1-21,38-39H;. The largest absolute Gasteiger partial charge is 0.507 e. The van der Waals surface area contributed by atoms with Gasteiger partial charge >= 0.3 is 0 Å². The summed E-state index contributed by atoms with van der Waals surface area (Å²) < 4.78 is 2.21. The maximum atomic E-state index is 11.1. The first-order valence-corrected chi connectivity index (χ1v) is 12.7. The van der Waals surface area contributed by atoms with Gasteiger partial charge in [0.25, 0.3) is 0 Å². The van der Waals surface area contributed by atoms with Crippen LogP contribution < -0.4 is 0 Å². The molecule has 7 aromatic rings. The summed E-state index contributed by atoms with van der Waals surface area (Å²) >= 11 is 0. The van der Waals surface area contributed by atoms with Gasteiger partial charge in [0.1, 0.15) is 11.5 Å². The Hall–Kier alpha value is -4.73. The third-order valence-corrected chi connectivity index (χ3v) is 7.05. The second-order valence-corrected chi connectivity index (χ2v) is 9.43. The SMILES string of the molecule is Oc1cc2c3ccccc3n(-c3ccccc3)c2cc1-c1cccc(C=Nc2cccc3cccc(O)c23)n1.[Pt]. The van der Waals surface area contributed by atoms with Crippen LogP contribution in [0.15, 0.2) is 126 Å². The third kappa shape index (κ3) is 4.35. The summed E-state index contributed by atoms with van der Waals surface area (Å²) in [6, 6.07) is 39.1. The molecule has 0 saturated carbocycles. The van der Waals surface area contributed by atoms with Crippen molar-refractivity contribution in [3.8, 4) is 28.4 Å². The van der Waals surface area contributed by atoms with Crippen LogP contribution in [-0.2, 0) is 21.1 Å². The van der Waals surface area contributed by atoms with Crippen molar-refractivity contribution in [2.24, 2.45) is 4.99 Å². The molecule has 0 spiro atoms. The Morgan fingerprint density at radius 2 is 1.40 bits per heavy atom. The van der Waals surface area contributed by atoms with Gasteiger partial charge in [0.15, 0.2) is 0 Å². The maximum absolute atomic E-state index is 11.1. The molecule has 5 aromatic carbocycles. The van der Waals surface area contributed by atoms with E-state index in [9.17, 15) is 10.2 Å². The number of phenols is 2. The third-order valence-electron chi connectivity index (χ3n) is 7.05. The van der Waals surface area contributed by atoms with Gasteiger partial charge < -0.3 is 14.8 Å². The molecule has 0 aliphatic rings. The van der Waals surface area contributed by atoms with E-state index in [0.717, 1.165) is 32.9 Å². The van der Waals surface area contributed by atoms with Crippen molar-refractivity contribution in [2.75, 3.05) is 0 Å². The van der Waals surface area contributed by atoms with Crippen LogP contribution >= 0.6 is 0 Å². The normalized spacial score (nSPS) is 11.4. The Labute approximate surface area is 245 Å². The summed E-state index contributed by atoms with van der Waals surface area (Å²) in [7, 11) is 0. The molecule has 7 rings (SSSR count). The van der Waals surface area contributed by atoms with Crippen LogP contribution in [0.4, 0.5) is 5.69 Å². The molecule has 6 heteroatoms. The smallest absolute Gasteiger partial charge is 0.125 e. The number of fused-ring (bicyclic) bond motifs is 4. The topological polar surface area (TPSA) is 70.6 Å². The molecule has 0 unspecified atom stereocenters. The molecule has 5 nitrogen and oxygen atoms in total. The Morgan fingerprint density at radius 3 is 2.25 bits per heavy atom. The number of para-hydroxylation sites is 2. The quantitative estimate of drug-likeness (QED) is 0.182. The summed E-state index contributed by atoms with van der Waals surface area (Å²) in [4.78, 5) is 9.44. The first-order valence-electron chi connectivity index (χ1n) is 12.7. The van der Waals surface area contributed by atoms with Crippen molar-refractivity contribution in [3.63, 3.8) is 0 Å². The van der Waals surface area contributed by atoms with E-state index in [2.05, 4.69) is 33.8 Å². The molecule has 196 valence electrons. The number of hydrogen-bond donors (Lipinski definition) is 2. The zero-order chi connectivity index (χ0) is 26.3. The van der Waals surface area contributed by atoms with Crippen LogP contribution in [0.1, 0.15) is 5.69 Å². The van der Waals surface area contributed by atoms with Crippen LogP contribution in [0.3, 0.4) is 0 Å². The molecule has 2 N–H and O–H groups in total. The molecule has 0 bridgehead atoms. The van der Waals surface area contributed by atoms with Crippen molar-refractivity contribution in [2.45, 2.75) is 0 Å². The number of hydrogen-bond acceptors (Lipinski definition) is 4. The Morgan fingerprint density at radius 1 is 0.650 bits per heavy atom. The van der Waals surface area contributed by atoms with Gasteiger partial charge in [-0.3, -0.25) is 4.99 Å². The fraction of sp³-hybridized carbons (Fsp3) is 0. The maximum Gasteiger partial charge on any atom is 0.125 e. The fourth-order valence-electron chi connectivity index (χ4n) is 5.28. The molecular formula is C34H23N3O2Pt. The Kier molecular flexibility index (Phi) is 6.67. The molecule has 0 amide bonds. The number of pyridine rings is 1. The van der Waals surface area contributed by atoms with Crippen LogP contribution in [0, 0.1) is 0 Å². The zero-order valence-electron chi connectivity index (χ0n) is 21.2. The van der Waals surface area contributed by atoms with Gasteiger partial charge in [-0.2, -0.15) is 0 Å². The number of rotatable bonds is 4. The van der Waals surface area contributed by atoms with Gasteiger partial charge in [-0.1, -0.05) is 66.7 Å². The molecule has 0 aliphatic carbocycles. The van der Waals surface area contributed by atoms with Gasteiger partial charge in [0.05, 0.1) is 34.3 Å². The van der Waals surface area contributed by atoms with E-state index in [1.54, 1.807) is 12.3 Å². The molecule has 2 heterocycles. The van der Waals surface area contributed by atoms with E-state index in [1.807, 2.05) is 91.0 Å². The number of aromatic nitrogens is 2. The number of aliphatic imine (C=N–C) groups is 1. The minimum absolute atomic E-state index is 0. The Balaban J connectivity index is 0.00000289. The fourth-order valence-corrected chi connectivity index (χ4v) is 5.28.